The molecule has 0 heteroatoms. The van der Waals surface area contributed by atoms with Gasteiger partial charge in [0.05, 0.1) is 0 Å². The van der Waals surface area contributed by atoms with Crippen molar-refractivity contribution in [3.63, 3.8) is 0 Å². The molecule has 0 nitrogen and oxygen atoms in total. The molecule has 0 fully saturated rings. The summed E-state index contributed by atoms with van der Waals surface area (Å²) in [6.07, 6.45) is 10.6. The summed E-state index contributed by atoms with van der Waals surface area (Å²) in [5, 5.41) is 0. The Hall–Kier alpha value is -0.520. The average Bonchev–Trinajstić information content (AvgIpc) is 2.10. The van der Waals surface area contributed by atoms with Crippen molar-refractivity contribution < 1.29 is 0 Å². The Morgan fingerprint density at radius 3 is 2.73 bits per heavy atom. The molecule has 0 radical (unpaired) electrons. The maximum atomic E-state index is 2.44. The summed E-state index contributed by atoms with van der Waals surface area (Å²) < 4.78 is 0. The fraction of sp³-hybridized carbons (Fsp3) is 0.636. The molecule has 0 aliphatic heterocycles. The van der Waals surface area contributed by atoms with E-state index in [1.807, 2.05) is 0 Å². The van der Waals surface area contributed by atoms with Gasteiger partial charge in [0.25, 0.3) is 0 Å². The van der Waals surface area contributed by atoms with Crippen molar-refractivity contribution >= 4 is 0 Å². The van der Waals surface area contributed by atoms with E-state index in [-0.39, 0.29) is 0 Å². The van der Waals surface area contributed by atoms with E-state index >= 15 is 0 Å². The summed E-state index contributed by atoms with van der Waals surface area (Å²) in [5.41, 5.74) is 1.97. The van der Waals surface area contributed by atoms with Gasteiger partial charge in [-0.15, -0.1) is 0 Å². The highest BCUT2D eigenvalue weighted by Crippen LogP contribution is 2.29. The predicted molar refractivity (Wildman–Crippen MR) is 50.5 cm³/mol. The number of hydrogen-bond donors (Lipinski definition) is 0. The van der Waals surface area contributed by atoms with Gasteiger partial charge in [-0.3, -0.25) is 0 Å². The first-order valence-electron chi connectivity index (χ1n) is 4.49. The predicted octanol–water partition coefficient (Wildman–Crippen LogP) is 3.70. The molecular weight excluding hydrogens is 132 g/mol. The molecule has 1 aliphatic carbocycles. The van der Waals surface area contributed by atoms with Gasteiger partial charge in [0.15, 0.2) is 0 Å². The van der Waals surface area contributed by atoms with Crippen LogP contribution in [0.3, 0.4) is 0 Å². The van der Waals surface area contributed by atoms with Crippen LogP contribution in [0.25, 0.3) is 0 Å². The van der Waals surface area contributed by atoms with Gasteiger partial charge in [-0.05, 0) is 24.7 Å². The Labute approximate surface area is 70.0 Å². The van der Waals surface area contributed by atoms with Crippen LogP contribution in [0, 0.1) is 5.41 Å². The minimum atomic E-state index is 0.387. The van der Waals surface area contributed by atoms with E-state index in [9.17, 15) is 0 Å². The number of allylic oxidation sites excluding steroid dienone is 4. The molecule has 1 aliphatic rings. The van der Waals surface area contributed by atoms with Crippen LogP contribution in [0.2, 0.25) is 0 Å². The van der Waals surface area contributed by atoms with Crippen molar-refractivity contribution in [2.45, 2.75) is 40.0 Å². The monoisotopic (exact) mass is 150 g/mol. The van der Waals surface area contributed by atoms with Gasteiger partial charge in [-0.25, -0.2) is 0 Å². The molecule has 62 valence electrons. The fourth-order valence-corrected chi connectivity index (χ4v) is 1.54. The molecule has 0 aromatic heterocycles. The van der Waals surface area contributed by atoms with E-state index in [0.717, 1.165) is 0 Å². The quantitative estimate of drug-likeness (QED) is 0.500. The smallest absolute Gasteiger partial charge is 0.0138 e. The van der Waals surface area contributed by atoms with E-state index in [1.54, 1.807) is 5.57 Å². The van der Waals surface area contributed by atoms with Crippen LogP contribution in [0.4, 0.5) is 0 Å². The molecule has 0 heterocycles. The fourth-order valence-electron chi connectivity index (χ4n) is 1.54. The molecule has 1 rings (SSSR count). The molecule has 0 spiro atoms. The summed E-state index contributed by atoms with van der Waals surface area (Å²) in [5.74, 6) is 0. The van der Waals surface area contributed by atoms with Crippen LogP contribution in [0.1, 0.15) is 40.0 Å². The zero-order valence-corrected chi connectivity index (χ0v) is 7.85. The zero-order chi connectivity index (χ0) is 8.32. The van der Waals surface area contributed by atoms with Crippen LogP contribution in [0.5, 0.6) is 0 Å². The van der Waals surface area contributed by atoms with Crippen molar-refractivity contribution in [2.24, 2.45) is 5.41 Å². The second kappa shape index (κ2) is 3.25. The Kier molecular flexibility index (Phi) is 2.53. The van der Waals surface area contributed by atoms with Crippen LogP contribution in [-0.4, -0.2) is 0 Å². The van der Waals surface area contributed by atoms with Gasteiger partial charge >= 0.3 is 0 Å². The Balaban J connectivity index is 2.78. The van der Waals surface area contributed by atoms with Gasteiger partial charge < -0.3 is 0 Å². The third-order valence-electron chi connectivity index (χ3n) is 2.24. The molecule has 0 aromatic rings. The zero-order valence-electron chi connectivity index (χ0n) is 7.85. The third kappa shape index (κ3) is 2.53. The van der Waals surface area contributed by atoms with Gasteiger partial charge in [0, 0.05) is 0 Å². The summed E-state index contributed by atoms with van der Waals surface area (Å²) in [6.45, 7) is 6.84. The molecule has 0 bridgehead atoms. The highest BCUT2D eigenvalue weighted by Gasteiger charge is 2.14. The topological polar surface area (TPSA) is 0 Å². The lowest BCUT2D eigenvalue weighted by molar-refractivity contribution is 0.486. The molecular formula is C11H18. The normalized spacial score (nSPS) is 22.6. The van der Waals surface area contributed by atoms with Gasteiger partial charge in [0.1, 0.15) is 0 Å². The standard InChI is InChI=1S/C11H18/c1-4-10-7-5-6-8-11(2,3)9-10/h5-6,9H,4,7-8H2,1-3H3. The van der Waals surface area contributed by atoms with Crippen LogP contribution < -0.4 is 0 Å². The van der Waals surface area contributed by atoms with Crippen molar-refractivity contribution in [1.29, 1.82) is 0 Å². The van der Waals surface area contributed by atoms with Crippen molar-refractivity contribution in [2.75, 3.05) is 0 Å². The summed E-state index contributed by atoms with van der Waals surface area (Å²) in [4.78, 5) is 0. The Bertz CT molecular complexity index is 182. The number of rotatable bonds is 1. The first kappa shape index (κ1) is 8.58. The summed E-state index contributed by atoms with van der Waals surface area (Å²) in [7, 11) is 0. The minimum Gasteiger partial charge on any atom is -0.0874 e. The SMILES string of the molecule is CCC1=CC(C)(C)CC=CC1. The van der Waals surface area contributed by atoms with Gasteiger partial charge in [0.2, 0.25) is 0 Å². The van der Waals surface area contributed by atoms with E-state index in [4.69, 9.17) is 0 Å². The van der Waals surface area contributed by atoms with E-state index in [0.29, 0.717) is 5.41 Å². The molecule has 0 saturated carbocycles. The molecule has 0 N–H and O–H groups in total. The Morgan fingerprint density at radius 2 is 2.09 bits per heavy atom. The van der Waals surface area contributed by atoms with Crippen molar-refractivity contribution in [1.82, 2.24) is 0 Å². The molecule has 0 amide bonds. The average molecular weight is 150 g/mol. The summed E-state index contributed by atoms with van der Waals surface area (Å²) >= 11 is 0. The van der Waals surface area contributed by atoms with Gasteiger partial charge in [-0.1, -0.05) is 44.6 Å². The van der Waals surface area contributed by atoms with E-state index in [1.165, 1.54) is 19.3 Å². The lowest BCUT2D eigenvalue weighted by Crippen LogP contribution is -2.05. The highest BCUT2D eigenvalue weighted by atomic mass is 14.2. The molecule has 0 atom stereocenters. The van der Waals surface area contributed by atoms with Crippen LogP contribution >= 0.6 is 0 Å². The van der Waals surface area contributed by atoms with Crippen LogP contribution in [-0.2, 0) is 0 Å². The highest BCUT2D eigenvalue weighted by molar-refractivity contribution is 5.15. The second-order valence-electron chi connectivity index (χ2n) is 4.02. The first-order valence-corrected chi connectivity index (χ1v) is 4.49. The molecule has 0 aromatic carbocycles. The van der Waals surface area contributed by atoms with Gasteiger partial charge in [-0.2, -0.15) is 0 Å². The third-order valence-corrected chi connectivity index (χ3v) is 2.24. The lowest BCUT2D eigenvalue weighted by atomic mass is 9.88. The van der Waals surface area contributed by atoms with Crippen molar-refractivity contribution in [3.05, 3.63) is 23.8 Å². The molecule has 0 saturated heterocycles. The Morgan fingerprint density at radius 1 is 1.36 bits per heavy atom. The first-order chi connectivity index (χ1) is 5.14. The molecule has 11 heavy (non-hydrogen) atoms. The maximum Gasteiger partial charge on any atom is -0.0138 e. The van der Waals surface area contributed by atoms with Crippen molar-refractivity contribution in [3.8, 4) is 0 Å². The van der Waals surface area contributed by atoms with E-state index < -0.39 is 0 Å². The second-order valence-corrected chi connectivity index (χ2v) is 4.02. The maximum absolute atomic E-state index is 2.44. The molecule has 0 unspecified atom stereocenters. The largest absolute Gasteiger partial charge is 0.0874 e. The van der Waals surface area contributed by atoms with E-state index in [2.05, 4.69) is 39.0 Å². The van der Waals surface area contributed by atoms with Crippen LogP contribution in [0.15, 0.2) is 23.8 Å². The lowest BCUT2D eigenvalue weighted by Gasteiger charge is -2.17. The summed E-state index contributed by atoms with van der Waals surface area (Å²) in [6, 6.07) is 0. The number of hydrogen-bond acceptors (Lipinski definition) is 0. The minimum absolute atomic E-state index is 0.387.